The van der Waals surface area contributed by atoms with E-state index < -0.39 is 11.9 Å². The first-order valence-electron chi connectivity index (χ1n) is 7.47. The number of aromatic nitrogens is 1. The average Bonchev–Trinajstić information content (AvgIpc) is 2.55. The van der Waals surface area contributed by atoms with Gasteiger partial charge >= 0.3 is 11.9 Å². The Kier molecular flexibility index (Phi) is 5.87. The standard InChI is InChI=1S/C12H14N4.C4H4O4/c13-4-9-3-11(7-14-5-9)16-2-1-10-6-15-12(10)8-16;5-3(6)1-2-4(7)8/h3,5,7,10,12,15H,1-2,6,8H2;1-2H,(H,5,6)(H,7,8)/b;2-1+. The molecule has 0 aromatic carbocycles. The van der Waals surface area contributed by atoms with Gasteiger partial charge in [-0.15, -0.1) is 0 Å². The predicted molar refractivity (Wildman–Crippen MR) is 85.5 cm³/mol. The topological polar surface area (TPSA) is 127 Å². The number of piperidine rings is 1. The Morgan fingerprint density at radius 1 is 1.33 bits per heavy atom. The fraction of sp³-hybridized carbons (Fsp3) is 0.375. The van der Waals surface area contributed by atoms with Gasteiger partial charge in [0.1, 0.15) is 6.07 Å². The van der Waals surface area contributed by atoms with Gasteiger partial charge in [0.15, 0.2) is 0 Å². The largest absolute Gasteiger partial charge is 0.478 e. The summed E-state index contributed by atoms with van der Waals surface area (Å²) >= 11 is 0. The third-order valence-corrected chi connectivity index (χ3v) is 3.98. The summed E-state index contributed by atoms with van der Waals surface area (Å²) in [4.78, 5) is 25.5. The Balaban J connectivity index is 0.000000224. The highest BCUT2D eigenvalue weighted by molar-refractivity contribution is 5.89. The van der Waals surface area contributed by atoms with E-state index in [-0.39, 0.29) is 0 Å². The van der Waals surface area contributed by atoms with Crippen molar-refractivity contribution in [2.24, 2.45) is 5.92 Å². The van der Waals surface area contributed by atoms with Crippen molar-refractivity contribution in [3.8, 4) is 6.07 Å². The molecule has 0 saturated carbocycles. The van der Waals surface area contributed by atoms with Gasteiger partial charge in [0.2, 0.25) is 0 Å². The smallest absolute Gasteiger partial charge is 0.328 e. The van der Waals surface area contributed by atoms with E-state index in [1.807, 2.05) is 12.3 Å². The van der Waals surface area contributed by atoms with E-state index >= 15 is 0 Å². The van der Waals surface area contributed by atoms with E-state index in [4.69, 9.17) is 15.5 Å². The number of carboxylic acids is 2. The molecule has 8 nitrogen and oxygen atoms in total. The molecule has 126 valence electrons. The zero-order valence-corrected chi connectivity index (χ0v) is 12.9. The van der Waals surface area contributed by atoms with Crippen molar-refractivity contribution in [1.29, 1.82) is 5.26 Å². The monoisotopic (exact) mass is 330 g/mol. The molecule has 3 heterocycles. The number of carboxylic acid groups (broad SMARTS) is 2. The van der Waals surface area contributed by atoms with Crippen LogP contribution in [0.25, 0.3) is 0 Å². The summed E-state index contributed by atoms with van der Waals surface area (Å²) in [5.74, 6) is -1.65. The quantitative estimate of drug-likeness (QED) is 0.682. The minimum Gasteiger partial charge on any atom is -0.478 e. The van der Waals surface area contributed by atoms with Crippen LogP contribution in [-0.2, 0) is 9.59 Å². The molecule has 2 aliphatic rings. The van der Waals surface area contributed by atoms with Crippen LogP contribution in [0, 0.1) is 17.2 Å². The summed E-state index contributed by atoms with van der Waals surface area (Å²) in [7, 11) is 0. The predicted octanol–water partition coefficient (Wildman–Crippen LogP) is 0.463. The molecule has 2 aliphatic heterocycles. The second-order valence-electron chi connectivity index (χ2n) is 5.56. The van der Waals surface area contributed by atoms with Crippen LogP contribution in [0.5, 0.6) is 0 Å². The summed E-state index contributed by atoms with van der Waals surface area (Å²) in [5, 5.41) is 27.9. The van der Waals surface area contributed by atoms with E-state index in [1.165, 1.54) is 13.0 Å². The van der Waals surface area contributed by atoms with Gasteiger partial charge in [-0.3, -0.25) is 4.98 Å². The fourth-order valence-corrected chi connectivity index (χ4v) is 2.66. The van der Waals surface area contributed by atoms with Crippen molar-refractivity contribution in [3.63, 3.8) is 0 Å². The number of carbonyl (C=O) groups is 2. The maximum atomic E-state index is 9.55. The maximum absolute atomic E-state index is 9.55. The number of aliphatic carboxylic acids is 2. The molecule has 24 heavy (non-hydrogen) atoms. The maximum Gasteiger partial charge on any atom is 0.328 e. The van der Waals surface area contributed by atoms with E-state index in [9.17, 15) is 9.59 Å². The SMILES string of the molecule is N#Cc1cncc(N2CCC3CNC3C2)c1.O=C(O)/C=C/C(=O)O. The van der Waals surface area contributed by atoms with E-state index in [0.717, 1.165) is 24.7 Å². The minimum absolute atomic E-state index is 0.558. The lowest BCUT2D eigenvalue weighted by molar-refractivity contribution is -0.134. The Labute approximate surface area is 139 Å². The first-order chi connectivity index (χ1) is 11.5. The molecular weight excluding hydrogens is 312 g/mol. The number of hydrogen-bond acceptors (Lipinski definition) is 6. The van der Waals surface area contributed by atoms with Gasteiger partial charge in [0.05, 0.1) is 17.4 Å². The third kappa shape index (κ3) is 4.79. The third-order valence-electron chi connectivity index (χ3n) is 3.98. The number of nitriles is 1. The van der Waals surface area contributed by atoms with Crippen LogP contribution in [0.15, 0.2) is 30.6 Å². The Morgan fingerprint density at radius 3 is 2.54 bits per heavy atom. The molecule has 1 aromatic heterocycles. The van der Waals surface area contributed by atoms with Gasteiger partial charge in [0, 0.05) is 37.5 Å². The zero-order chi connectivity index (χ0) is 17.5. The Hall–Kier alpha value is -2.92. The number of pyridine rings is 1. The summed E-state index contributed by atoms with van der Waals surface area (Å²) in [6.45, 7) is 3.30. The summed E-state index contributed by atoms with van der Waals surface area (Å²) in [5.41, 5.74) is 1.72. The van der Waals surface area contributed by atoms with Crippen molar-refractivity contribution in [2.45, 2.75) is 12.5 Å². The van der Waals surface area contributed by atoms with Crippen LogP contribution in [0.2, 0.25) is 0 Å². The lowest BCUT2D eigenvalue weighted by Gasteiger charge is -2.47. The Bertz CT molecular complexity index is 667. The van der Waals surface area contributed by atoms with Gasteiger partial charge in [-0.2, -0.15) is 5.26 Å². The number of nitrogens with zero attached hydrogens (tertiary/aromatic N) is 3. The molecule has 2 fully saturated rings. The number of nitrogens with one attached hydrogen (secondary N) is 1. The van der Waals surface area contributed by atoms with Crippen molar-refractivity contribution in [1.82, 2.24) is 10.3 Å². The number of hydrogen-bond donors (Lipinski definition) is 3. The molecular formula is C16H18N4O4. The second-order valence-corrected chi connectivity index (χ2v) is 5.56. The number of rotatable bonds is 3. The number of fused-ring (bicyclic) bond motifs is 1. The van der Waals surface area contributed by atoms with E-state index in [1.54, 1.807) is 6.20 Å². The highest BCUT2D eigenvalue weighted by Crippen LogP contribution is 2.27. The van der Waals surface area contributed by atoms with Gasteiger partial charge in [0.25, 0.3) is 0 Å². The Morgan fingerprint density at radius 2 is 2.04 bits per heavy atom. The molecule has 0 amide bonds. The van der Waals surface area contributed by atoms with Crippen molar-refractivity contribution in [3.05, 3.63) is 36.2 Å². The lowest BCUT2D eigenvalue weighted by Crippen LogP contribution is -2.62. The minimum atomic E-state index is -1.26. The van der Waals surface area contributed by atoms with Gasteiger partial charge in [-0.25, -0.2) is 9.59 Å². The molecule has 0 bridgehead atoms. The van der Waals surface area contributed by atoms with E-state index in [2.05, 4.69) is 21.3 Å². The number of anilines is 1. The highest BCUT2D eigenvalue weighted by Gasteiger charge is 2.35. The molecule has 2 atom stereocenters. The fourth-order valence-electron chi connectivity index (χ4n) is 2.66. The summed E-state index contributed by atoms with van der Waals surface area (Å²) < 4.78 is 0. The molecule has 2 saturated heterocycles. The summed E-state index contributed by atoms with van der Waals surface area (Å²) in [6, 6.07) is 4.70. The highest BCUT2D eigenvalue weighted by atomic mass is 16.4. The van der Waals surface area contributed by atoms with Crippen LogP contribution < -0.4 is 10.2 Å². The second kappa shape index (κ2) is 8.08. The molecule has 0 aliphatic carbocycles. The van der Waals surface area contributed by atoms with Crippen LogP contribution in [-0.4, -0.2) is 52.8 Å². The molecule has 0 spiro atoms. The van der Waals surface area contributed by atoms with Crippen LogP contribution in [0.4, 0.5) is 5.69 Å². The first kappa shape index (κ1) is 17.4. The van der Waals surface area contributed by atoms with Crippen LogP contribution in [0.1, 0.15) is 12.0 Å². The average molecular weight is 330 g/mol. The van der Waals surface area contributed by atoms with Crippen LogP contribution in [0.3, 0.4) is 0 Å². The van der Waals surface area contributed by atoms with Gasteiger partial charge in [-0.1, -0.05) is 0 Å². The molecule has 8 heteroatoms. The van der Waals surface area contributed by atoms with Gasteiger partial charge < -0.3 is 20.4 Å². The molecule has 3 N–H and O–H groups in total. The normalized spacial score (nSPS) is 21.7. The molecule has 1 aromatic rings. The molecule has 0 radical (unpaired) electrons. The van der Waals surface area contributed by atoms with E-state index in [0.29, 0.717) is 23.8 Å². The van der Waals surface area contributed by atoms with Crippen molar-refractivity contribution in [2.75, 3.05) is 24.5 Å². The van der Waals surface area contributed by atoms with Gasteiger partial charge in [-0.05, 0) is 24.9 Å². The van der Waals surface area contributed by atoms with Crippen LogP contribution >= 0.6 is 0 Å². The molecule has 2 unspecified atom stereocenters. The summed E-state index contributed by atoms with van der Waals surface area (Å²) in [6.07, 6.45) is 5.82. The molecule has 3 rings (SSSR count). The van der Waals surface area contributed by atoms with Crippen molar-refractivity contribution >= 4 is 17.6 Å². The lowest BCUT2D eigenvalue weighted by atomic mass is 9.85. The van der Waals surface area contributed by atoms with Crippen molar-refractivity contribution < 1.29 is 19.8 Å². The zero-order valence-electron chi connectivity index (χ0n) is 12.9. The first-order valence-corrected chi connectivity index (χ1v) is 7.47.